The van der Waals surface area contributed by atoms with Crippen LogP contribution >= 0.6 is 0 Å². The zero-order chi connectivity index (χ0) is 6.41. The molecule has 0 bridgehead atoms. The number of aliphatic hydroxyl groups is 1. The van der Waals surface area contributed by atoms with Crippen LogP contribution in [0.2, 0.25) is 0 Å². The molecule has 0 aliphatic heterocycles. The van der Waals surface area contributed by atoms with Crippen molar-refractivity contribution in [3.8, 4) is 0 Å². The Bertz CT molecular complexity index is 100. The summed E-state index contributed by atoms with van der Waals surface area (Å²) in [5, 5.41) is 8.10. The lowest BCUT2D eigenvalue weighted by Crippen LogP contribution is -2.28. The van der Waals surface area contributed by atoms with Crippen molar-refractivity contribution >= 4 is 5.91 Å². The molecule has 4 N–H and O–H groups in total. The lowest BCUT2D eigenvalue weighted by Gasteiger charge is -1.86. The molecule has 0 aliphatic carbocycles. The minimum atomic E-state index is -0.418. The molecule has 0 saturated heterocycles. The fourth-order valence-corrected chi connectivity index (χ4v) is 0.208. The number of hydrazine groups is 1. The highest BCUT2D eigenvalue weighted by Gasteiger charge is 1.83. The summed E-state index contributed by atoms with van der Waals surface area (Å²) < 4.78 is 0. The van der Waals surface area contributed by atoms with Crippen molar-refractivity contribution in [2.75, 3.05) is 6.61 Å². The number of hydrogen-bond donors (Lipinski definition) is 3. The van der Waals surface area contributed by atoms with Crippen LogP contribution in [0.5, 0.6) is 0 Å². The Kier molecular flexibility index (Phi) is 3.83. The molecule has 0 rings (SSSR count). The summed E-state index contributed by atoms with van der Waals surface area (Å²) in [4.78, 5) is 10.1. The second-order valence-electron chi connectivity index (χ2n) is 1.09. The van der Waals surface area contributed by atoms with Crippen LogP contribution in [0.1, 0.15) is 0 Å². The Balaban J connectivity index is 3.37. The highest BCUT2D eigenvalue weighted by atomic mass is 16.2. The number of hydrogen-bond acceptors (Lipinski definition) is 3. The summed E-state index contributed by atoms with van der Waals surface area (Å²) in [5.41, 5.74) is 1.86. The van der Waals surface area contributed by atoms with E-state index < -0.39 is 5.91 Å². The van der Waals surface area contributed by atoms with E-state index in [0.29, 0.717) is 0 Å². The van der Waals surface area contributed by atoms with E-state index in [1.165, 1.54) is 6.08 Å². The molecule has 8 heavy (non-hydrogen) atoms. The number of aliphatic hydroxyl groups excluding tert-OH is 1. The van der Waals surface area contributed by atoms with Crippen molar-refractivity contribution in [2.24, 2.45) is 5.84 Å². The molecule has 0 unspecified atom stereocenters. The molecule has 1 amide bonds. The summed E-state index contributed by atoms with van der Waals surface area (Å²) in [6.45, 7) is -0.145. The van der Waals surface area contributed by atoms with E-state index in [2.05, 4.69) is 5.84 Å². The third-order valence-corrected chi connectivity index (χ3v) is 0.517. The third-order valence-electron chi connectivity index (χ3n) is 0.517. The first-order valence-electron chi connectivity index (χ1n) is 2.09. The summed E-state index contributed by atoms with van der Waals surface area (Å²) in [5.74, 6) is 4.26. The van der Waals surface area contributed by atoms with Gasteiger partial charge in [-0.2, -0.15) is 0 Å². The van der Waals surface area contributed by atoms with Gasteiger partial charge in [0.2, 0.25) is 0 Å². The molecule has 0 aromatic carbocycles. The van der Waals surface area contributed by atoms with Gasteiger partial charge < -0.3 is 5.11 Å². The van der Waals surface area contributed by atoms with E-state index in [0.717, 1.165) is 6.08 Å². The van der Waals surface area contributed by atoms with Crippen molar-refractivity contribution in [3.05, 3.63) is 12.2 Å². The molecule has 4 heteroatoms. The van der Waals surface area contributed by atoms with Crippen LogP contribution in [0.15, 0.2) is 12.2 Å². The molecule has 4 nitrogen and oxygen atoms in total. The molecule has 0 saturated carbocycles. The molecule has 0 aliphatic rings. The van der Waals surface area contributed by atoms with Gasteiger partial charge in [0.25, 0.3) is 5.91 Å². The molecule has 0 aromatic rings. The predicted octanol–water partition coefficient (Wildman–Crippen LogP) is -1.48. The van der Waals surface area contributed by atoms with Gasteiger partial charge in [0, 0.05) is 6.08 Å². The number of nitrogens with two attached hydrogens (primary N) is 1. The highest BCUT2D eigenvalue weighted by molar-refractivity contribution is 5.86. The molecule has 0 radical (unpaired) electrons. The zero-order valence-corrected chi connectivity index (χ0v) is 4.29. The average molecular weight is 116 g/mol. The van der Waals surface area contributed by atoms with Crippen LogP contribution < -0.4 is 11.3 Å². The molecule has 0 fully saturated rings. The summed E-state index contributed by atoms with van der Waals surface area (Å²) >= 11 is 0. The lowest BCUT2D eigenvalue weighted by molar-refractivity contribution is -0.116. The van der Waals surface area contributed by atoms with Gasteiger partial charge in [-0.15, -0.1) is 0 Å². The highest BCUT2D eigenvalue weighted by Crippen LogP contribution is 1.67. The van der Waals surface area contributed by atoms with Crippen molar-refractivity contribution in [1.29, 1.82) is 0 Å². The number of amides is 1. The molecular weight excluding hydrogens is 108 g/mol. The fraction of sp³-hybridized carbons (Fsp3) is 0.250. The van der Waals surface area contributed by atoms with Gasteiger partial charge in [-0.1, -0.05) is 6.08 Å². The van der Waals surface area contributed by atoms with Crippen molar-refractivity contribution < 1.29 is 9.90 Å². The van der Waals surface area contributed by atoms with Gasteiger partial charge in [0.1, 0.15) is 0 Å². The van der Waals surface area contributed by atoms with E-state index in [4.69, 9.17) is 5.11 Å². The molecule has 0 aromatic heterocycles. The molecule has 0 atom stereocenters. The number of carbonyl (C=O) groups excluding carboxylic acids is 1. The van der Waals surface area contributed by atoms with Gasteiger partial charge in [0.05, 0.1) is 6.61 Å². The Morgan fingerprint density at radius 2 is 2.50 bits per heavy atom. The van der Waals surface area contributed by atoms with Crippen LogP contribution in [0.3, 0.4) is 0 Å². The Labute approximate surface area is 47.0 Å². The molecule has 0 spiro atoms. The summed E-state index contributed by atoms with van der Waals surface area (Å²) in [6, 6.07) is 0. The second-order valence-corrected chi connectivity index (χ2v) is 1.09. The van der Waals surface area contributed by atoms with Crippen LogP contribution in [-0.4, -0.2) is 17.6 Å². The molecule has 46 valence electrons. The quantitative estimate of drug-likeness (QED) is 0.178. The Hall–Kier alpha value is -0.870. The maximum atomic E-state index is 10.1. The van der Waals surface area contributed by atoms with Crippen molar-refractivity contribution in [1.82, 2.24) is 5.43 Å². The lowest BCUT2D eigenvalue weighted by atomic mass is 10.5. The van der Waals surface area contributed by atoms with E-state index in [-0.39, 0.29) is 6.61 Å². The summed E-state index contributed by atoms with van der Waals surface area (Å²) in [7, 11) is 0. The average Bonchev–Trinajstić information content (AvgIpc) is 1.83. The van der Waals surface area contributed by atoms with Crippen molar-refractivity contribution in [3.63, 3.8) is 0 Å². The first kappa shape index (κ1) is 7.13. The normalized spacial score (nSPS) is 9.75. The van der Waals surface area contributed by atoms with Crippen LogP contribution in [0.25, 0.3) is 0 Å². The molecular formula is C4H8N2O2. The smallest absolute Gasteiger partial charge is 0.257 e. The van der Waals surface area contributed by atoms with Crippen LogP contribution in [0, 0.1) is 0 Å². The van der Waals surface area contributed by atoms with E-state index >= 15 is 0 Å². The minimum absolute atomic E-state index is 0.145. The SMILES string of the molecule is NNC(=O)C=CCO. The fourth-order valence-electron chi connectivity index (χ4n) is 0.208. The van der Waals surface area contributed by atoms with Gasteiger partial charge in [-0.05, 0) is 0 Å². The maximum Gasteiger partial charge on any atom is 0.257 e. The minimum Gasteiger partial charge on any atom is -0.392 e. The van der Waals surface area contributed by atoms with E-state index in [1.807, 2.05) is 5.43 Å². The largest absolute Gasteiger partial charge is 0.392 e. The monoisotopic (exact) mass is 116 g/mol. The summed E-state index contributed by atoms with van der Waals surface area (Å²) in [6.07, 6.45) is 2.45. The van der Waals surface area contributed by atoms with E-state index in [1.54, 1.807) is 0 Å². The van der Waals surface area contributed by atoms with Gasteiger partial charge in [-0.25, -0.2) is 5.84 Å². The van der Waals surface area contributed by atoms with Crippen LogP contribution in [0.4, 0.5) is 0 Å². The standard InChI is InChI=1S/C4H8N2O2/c5-6-4(8)2-1-3-7/h1-2,7H,3,5H2,(H,6,8). The predicted molar refractivity (Wildman–Crippen MR) is 28.6 cm³/mol. The van der Waals surface area contributed by atoms with E-state index in [9.17, 15) is 4.79 Å². The Morgan fingerprint density at radius 3 is 2.88 bits per heavy atom. The van der Waals surface area contributed by atoms with Crippen LogP contribution in [-0.2, 0) is 4.79 Å². The zero-order valence-electron chi connectivity index (χ0n) is 4.29. The third kappa shape index (κ3) is 3.32. The number of carbonyl (C=O) groups is 1. The first-order valence-corrected chi connectivity index (χ1v) is 2.09. The second kappa shape index (κ2) is 4.29. The number of nitrogens with one attached hydrogen (secondary N) is 1. The molecule has 0 heterocycles. The van der Waals surface area contributed by atoms with Gasteiger partial charge in [0.15, 0.2) is 0 Å². The van der Waals surface area contributed by atoms with Gasteiger partial charge in [-0.3, -0.25) is 10.2 Å². The maximum absolute atomic E-state index is 10.1. The van der Waals surface area contributed by atoms with Gasteiger partial charge >= 0.3 is 0 Å². The topological polar surface area (TPSA) is 75.3 Å². The Morgan fingerprint density at radius 1 is 1.88 bits per heavy atom. The number of rotatable bonds is 2. The first-order chi connectivity index (χ1) is 3.81. The van der Waals surface area contributed by atoms with Crippen molar-refractivity contribution in [2.45, 2.75) is 0 Å².